The molecular formula is C24H30F12O6. The number of aliphatic hydroxyl groups is 2. The third kappa shape index (κ3) is 6.58. The monoisotopic (exact) mass is 642 g/mol. The van der Waals surface area contributed by atoms with Crippen LogP contribution in [0.15, 0.2) is 0 Å². The van der Waals surface area contributed by atoms with Gasteiger partial charge in [0.2, 0.25) is 0 Å². The average molecular weight is 642 g/mol. The van der Waals surface area contributed by atoms with E-state index in [1.165, 1.54) is 20.8 Å². The van der Waals surface area contributed by atoms with E-state index in [9.17, 15) is 67.4 Å². The number of esters is 2. The Morgan fingerprint density at radius 3 is 1.60 bits per heavy atom. The van der Waals surface area contributed by atoms with E-state index in [1.807, 2.05) is 0 Å². The molecule has 0 saturated heterocycles. The molecule has 2 bridgehead atoms. The summed E-state index contributed by atoms with van der Waals surface area (Å²) in [5.74, 6) is -12.8. The molecule has 18 heteroatoms. The van der Waals surface area contributed by atoms with Crippen molar-refractivity contribution in [2.45, 2.75) is 108 Å². The molecule has 5 unspecified atom stereocenters. The smallest absolute Gasteiger partial charge is 0.459 e. The molecular weight excluding hydrogens is 612 g/mol. The Kier molecular flexibility index (Phi) is 9.38. The first kappa shape index (κ1) is 36.2. The summed E-state index contributed by atoms with van der Waals surface area (Å²) >= 11 is 0. The normalized spacial score (nSPS) is 25.8. The molecule has 246 valence electrons. The fourth-order valence-electron chi connectivity index (χ4n) is 5.88. The van der Waals surface area contributed by atoms with Gasteiger partial charge in [-0.2, -0.15) is 52.7 Å². The maximum Gasteiger partial charge on any atom is 0.465 e. The maximum atomic E-state index is 13.3. The van der Waals surface area contributed by atoms with E-state index < -0.39 is 96.1 Å². The summed E-state index contributed by atoms with van der Waals surface area (Å²) in [7, 11) is 0. The minimum absolute atomic E-state index is 0.0699. The Hall–Kier alpha value is -1.98. The van der Waals surface area contributed by atoms with Crippen molar-refractivity contribution in [3.63, 3.8) is 0 Å². The molecule has 2 rings (SSSR count). The second-order valence-corrected chi connectivity index (χ2v) is 11.9. The Balaban J connectivity index is 2.23. The first-order valence-corrected chi connectivity index (χ1v) is 12.6. The number of hydrogen-bond acceptors (Lipinski definition) is 6. The van der Waals surface area contributed by atoms with Crippen molar-refractivity contribution < 1.29 is 82.0 Å². The van der Waals surface area contributed by atoms with Crippen LogP contribution in [0.5, 0.6) is 0 Å². The van der Waals surface area contributed by atoms with Crippen LogP contribution in [0.25, 0.3) is 0 Å². The molecule has 0 heterocycles. The quantitative estimate of drug-likeness (QED) is 0.172. The molecule has 42 heavy (non-hydrogen) atoms. The van der Waals surface area contributed by atoms with Crippen molar-refractivity contribution in [3.05, 3.63) is 0 Å². The molecule has 0 radical (unpaired) electrons. The zero-order valence-electron chi connectivity index (χ0n) is 22.6. The van der Waals surface area contributed by atoms with Gasteiger partial charge in [0.05, 0.1) is 11.8 Å². The van der Waals surface area contributed by atoms with Gasteiger partial charge in [-0.3, -0.25) is 9.59 Å². The summed E-state index contributed by atoms with van der Waals surface area (Å²) < 4.78 is 166. The molecule has 2 N–H and O–H groups in total. The van der Waals surface area contributed by atoms with E-state index in [4.69, 9.17) is 9.84 Å². The molecule has 0 aromatic heterocycles. The highest BCUT2D eigenvalue weighted by Gasteiger charge is 2.75. The first-order chi connectivity index (χ1) is 18.5. The van der Waals surface area contributed by atoms with Crippen LogP contribution in [-0.4, -0.2) is 63.8 Å². The highest BCUT2D eigenvalue weighted by atomic mass is 19.4. The average Bonchev–Trinajstić information content (AvgIpc) is 3.36. The predicted molar refractivity (Wildman–Crippen MR) is 116 cm³/mol. The van der Waals surface area contributed by atoms with Gasteiger partial charge in [-0.1, -0.05) is 6.92 Å². The van der Waals surface area contributed by atoms with Gasteiger partial charge in [-0.25, -0.2) is 0 Å². The third-order valence-corrected chi connectivity index (χ3v) is 8.53. The van der Waals surface area contributed by atoms with Gasteiger partial charge in [0.1, 0.15) is 5.60 Å². The second-order valence-electron chi connectivity index (χ2n) is 11.9. The first-order valence-electron chi connectivity index (χ1n) is 12.6. The molecule has 2 aliphatic rings. The van der Waals surface area contributed by atoms with E-state index in [2.05, 4.69) is 4.74 Å². The number of carbonyl (C=O) groups is 2. The fourth-order valence-corrected chi connectivity index (χ4v) is 5.88. The zero-order valence-corrected chi connectivity index (χ0v) is 22.6. The van der Waals surface area contributed by atoms with E-state index >= 15 is 0 Å². The van der Waals surface area contributed by atoms with Crippen molar-refractivity contribution in [3.8, 4) is 0 Å². The Morgan fingerprint density at radius 1 is 0.738 bits per heavy atom. The molecule has 2 saturated carbocycles. The number of ether oxygens (including phenoxy) is 2. The largest absolute Gasteiger partial charge is 0.465 e. The van der Waals surface area contributed by atoms with Crippen LogP contribution in [0.1, 0.15) is 66.2 Å². The van der Waals surface area contributed by atoms with Crippen LogP contribution >= 0.6 is 0 Å². The van der Waals surface area contributed by atoms with Gasteiger partial charge in [0, 0.05) is 5.92 Å². The number of halogens is 12. The summed E-state index contributed by atoms with van der Waals surface area (Å²) in [5.41, 5.74) is -8.74. The summed E-state index contributed by atoms with van der Waals surface area (Å²) in [5, 5.41) is 18.8. The highest BCUT2D eigenvalue weighted by Crippen LogP contribution is 2.60. The van der Waals surface area contributed by atoms with Crippen LogP contribution < -0.4 is 0 Å². The van der Waals surface area contributed by atoms with Gasteiger partial charge < -0.3 is 19.7 Å². The Labute approximate surface area is 231 Å². The van der Waals surface area contributed by atoms with Crippen LogP contribution in [0.2, 0.25) is 0 Å². The van der Waals surface area contributed by atoms with E-state index in [0.717, 1.165) is 6.92 Å². The van der Waals surface area contributed by atoms with Gasteiger partial charge >= 0.3 is 42.4 Å². The van der Waals surface area contributed by atoms with Crippen molar-refractivity contribution in [2.75, 3.05) is 0 Å². The molecule has 6 nitrogen and oxygen atoms in total. The SMILES string of the molecule is CCC(C)(CC(=O)OC(O)(C(F)(F)F)C(F)(F)F)C(=O)OC(C)(C)C1CC2CC(CC(O)(C(F)(F)F)C(F)(F)F)C1C2. The third-order valence-electron chi connectivity index (χ3n) is 8.53. The zero-order chi connectivity index (χ0) is 33.1. The van der Waals surface area contributed by atoms with Gasteiger partial charge in [0.25, 0.3) is 5.60 Å². The Morgan fingerprint density at radius 2 is 1.21 bits per heavy atom. The molecule has 2 fully saturated rings. The number of fused-ring (bicyclic) bond motifs is 2. The van der Waals surface area contributed by atoms with Crippen molar-refractivity contribution in [2.24, 2.45) is 29.1 Å². The minimum atomic E-state index is -6.49. The summed E-state index contributed by atoms with van der Waals surface area (Å²) in [6.45, 7) is 4.72. The van der Waals surface area contributed by atoms with Crippen molar-refractivity contribution in [1.82, 2.24) is 0 Å². The molecule has 5 atom stereocenters. The van der Waals surface area contributed by atoms with Crippen LogP contribution in [0.4, 0.5) is 52.7 Å². The maximum absolute atomic E-state index is 13.3. The van der Waals surface area contributed by atoms with Gasteiger partial charge in [-0.05, 0) is 70.6 Å². The second kappa shape index (κ2) is 10.9. The lowest BCUT2D eigenvalue weighted by Crippen LogP contribution is -2.60. The number of rotatable bonds is 9. The molecule has 0 aromatic carbocycles. The van der Waals surface area contributed by atoms with Gasteiger partial charge in [-0.15, -0.1) is 0 Å². The standard InChI is InChI=1S/C24H30F12O6/c1-5-18(4,10-15(37)41-20(40,23(31,32)33)24(34,35)36)16(38)42-17(2,3)14-8-11-6-12(13(14)7-11)9-19(39,21(25,26)27)22(28,29)30/h11-14,39-40H,5-10H2,1-4H3. The number of carbonyl (C=O) groups excluding carboxylic acids is 2. The number of hydrogen-bond donors (Lipinski definition) is 2. The summed E-state index contributed by atoms with van der Waals surface area (Å²) in [6, 6.07) is 0. The van der Waals surface area contributed by atoms with Crippen LogP contribution in [0, 0.1) is 29.1 Å². The molecule has 0 amide bonds. The summed E-state index contributed by atoms with van der Waals surface area (Å²) in [6.07, 6.45) is -28.3. The topological polar surface area (TPSA) is 93.1 Å². The lowest BCUT2D eigenvalue weighted by atomic mass is 9.69. The van der Waals surface area contributed by atoms with Crippen LogP contribution in [-0.2, 0) is 19.1 Å². The fraction of sp³-hybridized carbons (Fsp3) is 0.917. The highest BCUT2D eigenvalue weighted by molar-refractivity contribution is 5.83. The van der Waals surface area contributed by atoms with E-state index in [0.29, 0.717) is 0 Å². The van der Waals surface area contributed by atoms with E-state index in [1.54, 1.807) is 0 Å². The molecule has 0 aliphatic heterocycles. The summed E-state index contributed by atoms with van der Waals surface area (Å²) in [4.78, 5) is 25.2. The lowest BCUT2D eigenvalue weighted by molar-refractivity contribution is -0.444. The molecule has 0 spiro atoms. The van der Waals surface area contributed by atoms with Crippen LogP contribution in [0.3, 0.4) is 0 Å². The van der Waals surface area contributed by atoms with Gasteiger partial charge in [0.15, 0.2) is 0 Å². The lowest BCUT2D eigenvalue weighted by Gasteiger charge is -2.43. The Bertz CT molecular complexity index is 987. The minimum Gasteiger partial charge on any atom is -0.459 e. The van der Waals surface area contributed by atoms with E-state index in [-0.39, 0.29) is 25.2 Å². The van der Waals surface area contributed by atoms with Crippen molar-refractivity contribution in [1.29, 1.82) is 0 Å². The van der Waals surface area contributed by atoms with Crippen molar-refractivity contribution >= 4 is 11.9 Å². The molecule has 2 aliphatic carbocycles. The predicted octanol–water partition coefficient (Wildman–Crippen LogP) is 6.38. The number of alkyl halides is 12. The molecule has 0 aromatic rings.